The van der Waals surface area contributed by atoms with Gasteiger partial charge in [-0.2, -0.15) is 0 Å². The molecule has 0 unspecified atom stereocenters. The summed E-state index contributed by atoms with van der Waals surface area (Å²) in [6.07, 6.45) is 2.06. The van der Waals surface area contributed by atoms with E-state index in [1.165, 1.54) is 0 Å². The number of sulfonamides is 1. The fourth-order valence-electron chi connectivity index (χ4n) is 1.47. The van der Waals surface area contributed by atoms with Gasteiger partial charge in [0, 0.05) is 16.4 Å². The number of nitrogen functional groups attached to an aromatic ring is 1. The highest BCUT2D eigenvalue weighted by Crippen LogP contribution is 2.13. The zero-order valence-electron chi connectivity index (χ0n) is 14.5. The van der Waals surface area contributed by atoms with Crippen LogP contribution in [0.1, 0.15) is 11.1 Å². The second-order valence-electron chi connectivity index (χ2n) is 5.23. The number of rotatable bonds is 2. The molecule has 0 amide bonds. The molecule has 0 aliphatic rings. The van der Waals surface area contributed by atoms with Crippen LogP contribution in [0, 0.1) is 13.8 Å². The lowest BCUT2D eigenvalue weighted by atomic mass is 10.2. The highest BCUT2D eigenvalue weighted by atomic mass is 35.7. The van der Waals surface area contributed by atoms with Gasteiger partial charge in [-0.15, -0.1) is 0 Å². The quantitative estimate of drug-likeness (QED) is 0.588. The summed E-state index contributed by atoms with van der Waals surface area (Å²) < 4.78 is 42.9. The zero-order chi connectivity index (χ0) is 19.7. The molecule has 2 aromatic carbocycles. The van der Waals surface area contributed by atoms with Gasteiger partial charge in [-0.05, 0) is 37.1 Å². The summed E-state index contributed by atoms with van der Waals surface area (Å²) in [4.78, 5) is 0. The molecule has 0 saturated heterocycles. The lowest BCUT2D eigenvalue weighted by Gasteiger charge is -2.05. The van der Waals surface area contributed by atoms with E-state index in [9.17, 15) is 16.8 Å². The Morgan fingerprint density at radius 2 is 1.24 bits per heavy atom. The molecule has 0 spiro atoms. The smallest absolute Gasteiger partial charge is 0.229 e. The van der Waals surface area contributed by atoms with Crippen LogP contribution in [0.3, 0.4) is 0 Å². The summed E-state index contributed by atoms with van der Waals surface area (Å²) in [5, 5.41) is 0. The van der Waals surface area contributed by atoms with E-state index in [2.05, 4.69) is 15.4 Å². The van der Waals surface area contributed by atoms with Crippen LogP contribution >= 0.6 is 10.7 Å². The monoisotopic (exact) mass is 406 g/mol. The number of nitrogens with two attached hydrogens (primary N) is 1. The maximum atomic E-state index is 10.8. The maximum absolute atomic E-state index is 10.8. The van der Waals surface area contributed by atoms with Crippen molar-refractivity contribution in [3.8, 4) is 0 Å². The molecule has 0 atom stereocenters. The van der Waals surface area contributed by atoms with Crippen LogP contribution in [0.2, 0.25) is 0 Å². The summed E-state index contributed by atoms with van der Waals surface area (Å²) in [5.74, 6) is 0. The van der Waals surface area contributed by atoms with Crippen molar-refractivity contribution in [2.75, 3.05) is 23.0 Å². The van der Waals surface area contributed by atoms with Crippen molar-refractivity contribution in [1.82, 2.24) is 0 Å². The minimum Gasteiger partial charge on any atom is -0.399 e. The van der Waals surface area contributed by atoms with Crippen LogP contribution < -0.4 is 10.5 Å². The van der Waals surface area contributed by atoms with Gasteiger partial charge in [0.25, 0.3) is 0 Å². The minimum atomic E-state index is -3.19. The Kier molecular flexibility index (Phi) is 9.55. The molecule has 0 aliphatic heterocycles. The number of nitrogens with one attached hydrogen (secondary N) is 1. The lowest BCUT2D eigenvalue weighted by Crippen LogP contribution is -2.10. The van der Waals surface area contributed by atoms with E-state index in [0.29, 0.717) is 5.69 Å². The van der Waals surface area contributed by atoms with Gasteiger partial charge in [0.05, 0.1) is 18.2 Å². The van der Waals surface area contributed by atoms with Gasteiger partial charge in [0.1, 0.15) is 0 Å². The van der Waals surface area contributed by atoms with Gasteiger partial charge in [0.2, 0.25) is 19.1 Å². The van der Waals surface area contributed by atoms with E-state index in [4.69, 9.17) is 5.73 Å². The third-order valence-corrected chi connectivity index (χ3v) is 3.22. The van der Waals surface area contributed by atoms with Crippen LogP contribution in [0.5, 0.6) is 0 Å². The number of aryl methyl sites for hydroxylation is 2. The molecule has 3 N–H and O–H groups in total. The minimum absolute atomic E-state index is 0.639. The largest absolute Gasteiger partial charge is 0.399 e. The van der Waals surface area contributed by atoms with E-state index in [-0.39, 0.29) is 0 Å². The molecule has 0 radical (unpaired) electrons. The summed E-state index contributed by atoms with van der Waals surface area (Å²) >= 11 is 0. The first-order valence-electron chi connectivity index (χ1n) is 7.03. The summed E-state index contributed by atoms with van der Waals surface area (Å²) in [7, 11) is -1.84. The molecule has 6 nitrogen and oxygen atoms in total. The van der Waals surface area contributed by atoms with Gasteiger partial charge in [-0.25, -0.2) is 16.8 Å². The summed E-state index contributed by atoms with van der Waals surface area (Å²) in [6.45, 7) is 3.85. The highest BCUT2D eigenvalue weighted by Gasteiger charge is 2.02. The van der Waals surface area contributed by atoms with Crippen LogP contribution in [-0.4, -0.2) is 29.3 Å². The van der Waals surface area contributed by atoms with E-state index in [1.54, 1.807) is 12.1 Å². The number of halogens is 1. The predicted octanol–water partition coefficient (Wildman–Crippen LogP) is 3.13. The highest BCUT2D eigenvalue weighted by molar-refractivity contribution is 8.13. The first-order chi connectivity index (χ1) is 11.3. The number of anilines is 2. The van der Waals surface area contributed by atoms with Crippen LogP contribution in [0.4, 0.5) is 11.4 Å². The maximum Gasteiger partial charge on any atom is 0.229 e. The Morgan fingerprint density at radius 3 is 1.56 bits per heavy atom. The number of para-hydroxylation sites is 2. The Balaban J connectivity index is 0.000000382. The average Bonchev–Trinajstić information content (AvgIpc) is 2.42. The number of hydrogen-bond donors (Lipinski definition) is 2. The Labute approximate surface area is 154 Å². The molecule has 25 heavy (non-hydrogen) atoms. The molecule has 0 saturated carbocycles. The van der Waals surface area contributed by atoms with Crippen LogP contribution in [0.25, 0.3) is 0 Å². The molecule has 0 fully saturated rings. The molecular formula is C16H23ClN2O4S2. The molecule has 140 valence electrons. The van der Waals surface area contributed by atoms with Gasteiger partial charge < -0.3 is 5.73 Å². The molecule has 9 heteroatoms. The first-order valence-corrected chi connectivity index (χ1v) is 11.6. The summed E-state index contributed by atoms with van der Waals surface area (Å²) in [5.41, 5.74) is 9.09. The third-order valence-electron chi connectivity index (χ3n) is 2.63. The first kappa shape index (κ1) is 23.2. The van der Waals surface area contributed by atoms with E-state index in [0.717, 1.165) is 29.3 Å². The Hall–Kier alpha value is -1.77. The van der Waals surface area contributed by atoms with E-state index < -0.39 is 19.1 Å². The van der Waals surface area contributed by atoms with Crippen LogP contribution in [-0.2, 0) is 19.1 Å². The second-order valence-corrected chi connectivity index (χ2v) is 10.0. The van der Waals surface area contributed by atoms with Crippen molar-refractivity contribution in [2.24, 2.45) is 0 Å². The average molecular weight is 407 g/mol. The topological polar surface area (TPSA) is 106 Å². The number of benzene rings is 2. The fraction of sp³-hybridized carbons (Fsp3) is 0.250. The lowest BCUT2D eigenvalue weighted by molar-refractivity contribution is 0.606. The molecule has 0 bridgehead atoms. The van der Waals surface area contributed by atoms with E-state index >= 15 is 0 Å². The molecular weight excluding hydrogens is 384 g/mol. The van der Waals surface area contributed by atoms with Crippen LogP contribution in [0.15, 0.2) is 48.5 Å². The van der Waals surface area contributed by atoms with Crippen molar-refractivity contribution in [2.45, 2.75) is 13.8 Å². The van der Waals surface area contributed by atoms with Crippen molar-refractivity contribution in [1.29, 1.82) is 0 Å². The van der Waals surface area contributed by atoms with Gasteiger partial charge in [0.15, 0.2) is 0 Å². The fourth-order valence-corrected chi connectivity index (χ4v) is 2.10. The molecule has 0 aliphatic carbocycles. The van der Waals surface area contributed by atoms with Crippen molar-refractivity contribution in [3.63, 3.8) is 0 Å². The SMILES string of the molecule is CS(=O)(=O)Cl.Cc1ccccc1N.Cc1ccccc1NS(C)(=O)=O. The predicted molar refractivity (Wildman–Crippen MR) is 106 cm³/mol. The Bertz CT molecular complexity index is 854. The number of hydrogen-bond acceptors (Lipinski definition) is 5. The third kappa shape index (κ3) is 14.3. The van der Waals surface area contributed by atoms with Gasteiger partial charge in [-0.3, -0.25) is 4.72 Å². The van der Waals surface area contributed by atoms with Crippen molar-refractivity contribution < 1.29 is 16.8 Å². The Morgan fingerprint density at radius 1 is 0.840 bits per heavy atom. The van der Waals surface area contributed by atoms with Gasteiger partial charge in [-0.1, -0.05) is 36.4 Å². The summed E-state index contributed by atoms with van der Waals surface area (Å²) in [6, 6.07) is 15.0. The van der Waals surface area contributed by atoms with Crippen molar-refractivity contribution in [3.05, 3.63) is 59.7 Å². The second kappa shape index (κ2) is 10.3. The van der Waals surface area contributed by atoms with Crippen molar-refractivity contribution >= 4 is 41.1 Å². The molecule has 2 aromatic rings. The standard InChI is InChI=1S/C8H11NO2S.C7H9N.CH3ClO2S/c1-7-5-3-4-6-8(7)9-12(2,10)11;1-6-4-2-3-5-7(6)8;1-5(2,3)4/h3-6,9H,1-2H3;2-5H,8H2,1H3;1H3. The van der Waals surface area contributed by atoms with Gasteiger partial charge >= 0.3 is 0 Å². The normalized spacial score (nSPS) is 10.6. The molecule has 0 aromatic heterocycles. The zero-order valence-corrected chi connectivity index (χ0v) is 16.9. The van der Waals surface area contributed by atoms with E-state index in [1.807, 2.05) is 50.2 Å². The molecule has 2 rings (SSSR count). The molecule has 0 heterocycles.